The first-order valence-electron chi connectivity index (χ1n) is 4.55. The van der Waals surface area contributed by atoms with E-state index in [4.69, 9.17) is 8.92 Å². The fourth-order valence-electron chi connectivity index (χ4n) is 1.07. The van der Waals surface area contributed by atoms with Crippen molar-refractivity contribution in [3.63, 3.8) is 0 Å². The Morgan fingerprint density at radius 1 is 1.31 bits per heavy atom. The van der Waals surface area contributed by atoms with Gasteiger partial charge in [0.1, 0.15) is 6.61 Å². The van der Waals surface area contributed by atoms with Crippen LogP contribution in [0.5, 0.6) is 0 Å². The van der Waals surface area contributed by atoms with Gasteiger partial charge in [-0.1, -0.05) is 21.6 Å². The van der Waals surface area contributed by atoms with Crippen molar-refractivity contribution in [3.8, 4) is 0 Å². The van der Waals surface area contributed by atoms with E-state index in [-0.39, 0.29) is 24.6 Å². The zero-order chi connectivity index (χ0) is 12.2. The number of hydrogen-bond donors (Lipinski definition) is 0. The van der Waals surface area contributed by atoms with Crippen molar-refractivity contribution >= 4 is 37.7 Å². The summed E-state index contributed by atoms with van der Waals surface area (Å²) in [6.07, 6.45) is 1.02. The highest BCUT2D eigenvalue weighted by atomic mass is 33.1. The standard InChI is InChI=1S/C8H14O5S3/c1-7(9)12-3-8(5-14-15-6-8)4-13-16(2,10)11/h3-6H2,1-2H3. The van der Waals surface area contributed by atoms with Gasteiger partial charge in [-0.25, -0.2) is 0 Å². The zero-order valence-corrected chi connectivity index (χ0v) is 11.5. The largest absolute Gasteiger partial charge is 0.465 e. The second kappa shape index (κ2) is 5.61. The van der Waals surface area contributed by atoms with Gasteiger partial charge in [-0.15, -0.1) is 0 Å². The molecule has 0 N–H and O–H groups in total. The molecule has 0 aromatic rings. The van der Waals surface area contributed by atoms with Crippen LogP contribution in [0.15, 0.2) is 0 Å². The predicted octanol–water partition coefficient (Wildman–Crippen LogP) is 0.907. The lowest BCUT2D eigenvalue weighted by Crippen LogP contribution is -2.36. The Labute approximate surface area is 103 Å². The van der Waals surface area contributed by atoms with Crippen LogP contribution in [0.4, 0.5) is 0 Å². The Hall–Kier alpha value is 0.0800. The topological polar surface area (TPSA) is 69.7 Å². The van der Waals surface area contributed by atoms with Gasteiger partial charge in [-0.2, -0.15) is 8.42 Å². The fourth-order valence-corrected chi connectivity index (χ4v) is 4.87. The third-order valence-electron chi connectivity index (χ3n) is 1.97. The Morgan fingerprint density at radius 3 is 2.31 bits per heavy atom. The molecule has 5 nitrogen and oxygen atoms in total. The molecule has 8 heteroatoms. The SMILES string of the molecule is CC(=O)OCC1(COS(C)(=O)=O)CSSC1. The maximum absolute atomic E-state index is 10.9. The van der Waals surface area contributed by atoms with E-state index in [0.717, 1.165) is 17.8 Å². The molecule has 1 fully saturated rings. The molecule has 0 bridgehead atoms. The van der Waals surface area contributed by atoms with Gasteiger partial charge in [-0.05, 0) is 0 Å². The summed E-state index contributed by atoms with van der Waals surface area (Å²) in [5.74, 6) is 1.08. The number of carbonyl (C=O) groups excluding carboxylic acids is 1. The average molecular weight is 286 g/mol. The van der Waals surface area contributed by atoms with Crippen molar-refractivity contribution in [3.05, 3.63) is 0 Å². The summed E-state index contributed by atoms with van der Waals surface area (Å²) < 4.78 is 31.6. The summed E-state index contributed by atoms with van der Waals surface area (Å²) in [5, 5.41) is 0. The molecule has 0 saturated carbocycles. The third-order valence-corrected chi connectivity index (χ3v) is 5.35. The highest BCUT2D eigenvalue weighted by molar-refractivity contribution is 8.77. The van der Waals surface area contributed by atoms with Crippen LogP contribution in [0.2, 0.25) is 0 Å². The average Bonchev–Trinajstić information content (AvgIpc) is 2.60. The van der Waals surface area contributed by atoms with Crippen LogP contribution in [-0.4, -0.2) is 45.4 Å². The monoisotopic (exact) mass is 286 g/mol. The quantitative estimate of drug-likeness (QED) is 0.422. The molecule has 0 amide bonds. The molecule has 0 aromatic carbocycles. The maximum Gasteiger partial charge on any atom is 0.302 e. The molecule has 1 saturated heterocycles. The van der Waals surface area contributed by atoms with Crippen LogP contribution in [0.25, 0.3) is 0 Å². The summed E-state index contributed by atoms with van der Waals surface area (Å²) in [5.41, 5.74) is -0.385. The van der Waals surface area contributed by atoms with Crippen molar-refractivity contribution in [1.82, 2.24) is 0 Å². The summed E-state index contributed by atoms with van der Waals surface area (Å²) in [6, 6.07) is 0. The molecule has 0 aliphatic carbocycles. The van der Waals surface area contributed by atoms with Crippen molar-refractivity contribution in [2.45, 2.75) is 6.92 Å². The molecule has 1 aliphatic heterocycles. The molecule has 0 radical (unpaired) electrons. The van der Waals surface area contributed by atoms with Crippen molar-refractivity contribution in [2.24, 2.45) is 5.41 Å². The lowest BCUT2D eigenvalue weighted by Gasteiger charge is -2.25. The molecule has 94 valence electrons. The van der Waals surface area contributed by atoms with Crippen molar-refractivity contribution in [1.29, 1.82) is 0 Å². The molecule has 0 spiro atoms. The number of hydrogen-bond acceptors (Lipinski definition) is 7. The second-order valence-electron chi connectivity index (χ2n) is 3.77. The van der Waals surface area contributed by atoms with Crippen LogP contribution < -0.4 is 0 Å². The lowest BCUT2D eigenvalue weighted by molar-refractivity contribution is -0.144. The van der Waals surface area contributed by atoms with E-state index >= 15 is 0 Å². The smallest absolute Gasteiger partial charge is 0.302 e. The molecular weight excluding hydrogens is 272 g/mol. The van der Waals surface area contributed by atoms with Gasteiger partial charge in [0.15, 0.2) is 0 Å². The summed E-state index contributed by atoms with van der Waals surface area (Å²) in [6.45, 7) is 1.61. The number of carbonyl (C=O) groups is 1. The minimum absolute atomic E-state index is 0.0686. The van der Waals surface area contributed by atoms with Gasteiger partial charge in [0.2, 0.25) is 0 Å². The van der Waals surface area contributed by atoms with Gasteiger partial charge < -0.3 is 4.74 Å². The number of ether oxygens (including phenoxy) is 1. The summed E-state index contributed by atoms with van der Waals surface area (Å²) in [4.78, 5) is 10.7. The lowest BCUT2D eigenvalue weighted by atomic mass is 9.96. The Morgan fingerprint density at radius 2 is 1.88 bits per heavy atom. The first-order valence-corrected chi connectivity index (χ1v) is 8.86. The first-order chi connectivity index (χ1) is 7.33. The summed E-state index contributed by atoms with van der Waals surface area (Å²) >= 11 is 0. The summed E-state index contributed by atoms with van der Waals surface area (Å²) in [7, 11) is -0.180. The van der Waals surface area contributed by atoms with Gasteiger partial charge in [-0.3, -0.25) is 8.98 Å². The third kappa shape index (κ3) is 4.94. The highest BCUT2D eigenvalue weighted by Gasteiger charge is 2.38. The van der Waals surface area contributed by atoms with Crippen LogP contribution >= 0.6 is 21.6 Å². The molecule has 1 heterocycles. The minimum atomic E-state index is -3.45. The van der Waals surface area contributed by atoms with Crippen LogP contribution in [-0.2, 0) is 23.8 Å². The number of esters is 1. The van der Waals surface area contributed by atoms with Gasteiger partial charge in [0.05, 0.1) is 12.9 Å². The normalized spacial score (nSPS) is 19.6. The zero-order valence-electron chi connectivity index (χ0n) is 9.09. The first kappa shape index (κ1) is 14.1. The Balaban J connectivity index is 2.55. The highest BCUT2D eigenvalue weighted by Crippen LogP contribution is 2.43. The van der Waals surface area contributed by atoms with E-state index in [1.54, 1.807) is 21.6 Å². The van der Waals surface area contributed by atoms with Gasteiger partial charge in [0.25, 0.3) is 10.1 Å². The molecular formula is C8H14O5S3. The van der Waals surface area contributed by atoms with Gasteiger partial charge >= 0.3 is 5.97 Å². The number of rotatable bonds is 5. The molecule has 0 unspecified atom stereocenters. The van der Waals surface area contributed by atoms with E-state index in [0.29, 0.717) is 0 Å². The van der Waals surface area contributed by atoms with E-state index < -0.39 is 10.1 Å². The fraction of sp³-hybridized carbons (Fsp3) is 0.875. The minimum Gasteiger partial charge on any atom is -0.465 e. The van der Waals surface area contributed by atoms with Crippen LogP contribution in [0.3, 0.4) is 0 Å². The molecule has 1 aliphatic rings. The van der Waals surface area contributed by atoms with E-state index in [2.05, 4.69) is 0 Å². The Bertz CT molecular complexity index is 345. The van der Waals surface area contributed by atoms with E-state index in [1.165, 1.54) is 6.92 Å². The maximum atomic E-state index is 10.9. The predicted molar refractivity (Wildman–Crippen MR) is 64.8 cm³/mol. The van der Waals surface area contributed by atoms with E-state index in [9.17, 15) is 13.2 Å². The molecule has 0 aromatic heterocycles. The Kier molecular flexibility index (Phi) is 4.96. The van der Waals surface area contributed by atoms with Crippen LogP contribution in [0.1, 0.15) is 6.92 Å². The van der Waals surface area contributed by atoms with Crippen molar-refractivity contribution < 1.29 is 22.1 Å². The molecule has 0 atom stereocenters. The van der Waals surface area contributed by atoms with Crippen molar-refractivity contribution in [2.75, 3.05) is 31.0 Å². The molecule has 1 rings (SSSR count). The van der Waals surface area contributed by atoms with Crippen LogP contribution in [0, 0.1) is 5.41 Å². The van der Waals surface area contributed by atoms with Gasteiger partial charge in [0, 0.05) is 23.8 Å². The van der Waals surface area contributed by atoms with E-state index in [1.807, 2.05) is 0 Å². The second-order valence-corrected chi connectivity index (χ2v) is 7.88. The molecule has 16 heavy (non-hydrogen) atoms.